The Bertz CT molecular complexity index is 1280. The molecule has 2 saturated heterocycles. The van der Waals surface area contributed by atoms with Crippen molar-refractivity contribution in [1.82, 2.24) is 19.4 Å². The summed E-state index contributed by atoms with van der Waals surface area (Å²) in [5.41, 5.74) is 5.11. The molecule has 4 aliphatic rings. The molecule has 6 rings (SSSR count). The SMILES string of the molecule is CN1CCN(c2ccc(C(=O)Cc3n[nH]c4c3CN(S(=O)(=O)C3CC3)CC4)c(NC3CCOCC3)c2)CC1. The molecular weight excluding hydrogens is 504 g/mol. The number of aromatic nitrogens is 2. The van der Waals surface area contributed by atoms with E-state index in [1.54, 1.807) is 4.31 Å². The molecule has 0 bridgehead atoms. The Labute approximate surface area is 224 Å². The van der Waals surface area contributed by atoms with E-state index in [4.69, 9.17) is 4.74 Å². The first-order valence-electron chi connectivity index (χ1n) is 13.9. The molecule has 10 nitrogen and oxygen atoms in total. The molecule has 0 radical (unpaired) electrons. The van der Waals surface area contributed by atoms with Crippen molar-refractivity contribution in [3.63, 3.8) is 0 Å². The zero-order valence-corrected chi connectivity index (χ0v) is 22.9. The summed E-state index contributed by atoms with van der Waals surface area (Å²) < 4.78 is 32.8. The van der Waals surface area contributed by atoms with Crippen LogP contribution in [0.2, 0.25) is 0 Å². The Morgan fingerprint density at radius 2 is 1.87 bits per heavy atom. The minimum atomic E-state index is -3.27. The molecular formula is C27H38N6O4S. The molecule has 1 aromatic carbocycles. The van der Waals surface area contributed by atoms with Gasteiger partial charge in [-0.2, -0.15) is 9.40 Å². The summed E-state index contributed by atoms with van der Waals surface area (Å²) in [6.07, 6.45) is 4.04. The molecule has 2 N–H and O–H groups in total. The number of rotatable bonds is 8. The topological polar surface area (TPSA) is 111 Å². The van der Waals surface area contributed by atoms with Crippen LogP contribution in [0.15, 0.2) is 18.2 Å². The number of anilines is 2. The molecule has 4 heterocycles. The predicted molar refractivity (Wildman–Crippen MR) is 146 cm³/mol. The van der Waals surface area contributed by atoms with E-state index in [1.165, 1.54) is 0 Å². The minimum absolute atomic E-state index is 0.0130. The number of likely N-dealkylation sites (N-methyl/N-ethyl adjacent to an activating group) is 1. The molecule has 3 aliphatic heterocycles. The fourth-order valence-electron chi connectivity index (χ4n) is 5.73. The third kappa shape index (κ3) is 5.34. The summed E-state index contributed by atoms with van der Waals surface area (Å²) >= 11 is 0. The molecule has 1 saturated carbocycles. The Balaban J connectivity index is 1.23. The number of nitrogens with one attached hydrogen (secondary N) is 2. The molecule has 38 heavy (non-hydrogen) atoms. The lowest BCUT2D eigenvalue weighted by atomic mass is 9.98. The summed E-state index contributed by atoms with van der Waals surface area (Å²) in [5, 5.41) is 11.0. The monoisotopic (exact) mass is 542 g/mol. The van der Waals surface area contributed by atoms with Crippen molar-refractivity contribution < 1.29 is 17.9 Å². The minimum Gasteiger partial charge on any atom is -0.381 e. The van der Waals surface area contributed by atoms with Gasteiger partial charge in [0.25, 0.3) is 0 Å². The van der Waals surface area contributed by atoms with Crippen LogP contribution in [-0.4, -0.2) is 97.9 Å². The van der Waals surface area contributed by atoms with Crippen LogP contribution in [-0.2, 0) is 34.1 Å². The molecule has 2 aromatic rings. The number of ether oxygens (including phenoxy) is 1. The Morgan fingerprint density at radius 3 is 2.61 bits per heavy atom. The van der Waals surface area contributed by atoms with Crippen molar-refractivity contribution in [2.75, 3.05) is 63.2 Å². The molecule has 0 amide bonds. The van der Waals surface area contributed by atoms with E-state index >= 15 is 0 Å². The fraction of sp³-hybridized carbons (Fsp3) is 0.630. The number of fused-ring (bicyclic) bond motifs is 1. The number of carbonyl (C=O) groups is 1. The van der Waals surface area contributed by atoms with Crippen LogP contribution in [0.4, 0.5) is 11.4 Å². The van der Waals surface area contributed by atoms with Crippen LogP contribution in [0.5, 0.6) is 0 Å². The summed E-state index contributed by atoms with van der Waals surface area (Å²) in [5.74, 6) is -0.0130. The Kier molecular flexibility index (Phi) is 7.19. The number of hydrogen-bond donors (Lipinski definition) is 2. The highest BCUT2D eigenvalue weighted by Gasteiger charge is 2.41. The molecule has 3 fully saturated rings. The maximum atomic E-state index is 13.7. The first kappa shape index (κ1) is 25.8. The average molecular weight is 543 g/mol. The lowest BCUT2D eigenvalue weighted by Crippen LogP contribution is -2.44. The van der Waals surface area contributed by atoms with Gasteiger partial charge in [-0.15, -0.1) is 0 Å². The molecule has 0 atom stereocenters. The van der Waals surface area contributed by atoms with Gasteiger partial charge in [-0.25, -0.2) is 8.42 Å². The molecule has 0 unspecified atom stereocenters. The van der Waals surface area contributed by atoms with Crippen molar-refractivity contribution in [2.45, 2.75) is 56.4 Å². The first-order valence-corrected chi connectivity index (χ1v) is 15.4. The van der Waals surface area contributed by atoms with Gasteiger partial charge in [0.1, 0.15) is 0 Å². The van der Waals surface area contributed by atoms with E-state index in [2.05, 4.69) is 44.5 Å². The predicted octanol–water partition coefficient (Wildman–Crippen LogP) is 2.03. The zero-order chi connectivity index (χ0) is 26.3. The van der Waals surface area contributed by atoms with Gasteiger partial charge >= 0.3 is 0 Å². The maximum absolute atomic E-state index is 13.7. The van der Waals surface area contributed by atoms with E-state index in [1.807, 2.05) is 6.07 Å². The lowest BCUT2D eigenvalue weighted by molar-refractivity contribution is 0.0904. The second-order valence-electron chi connectivity index (χ2n) is 11.1. The number of Topliss-reactive ketones (excluding diaryl/α,β-unsaturated/α-hetero) is 1. The van der Waals surface area contributed by atoms with Gasteiger partial charge in [-0.3, -0.25) is 9.89 Å². The summed E-state index contributed by atoms with van der Waals surface area (Å²) in [6.45, 7) is 6.15. The van der Waals surface area contributed by atoms with Crippen molar-refractivity contribution in [3.05, 3.63) is 40.7 Å². The van der Waals surface area contributed by atoms with Crippen molar-refractivity contribution in [3.8, 4) is 0 Å². The number of nitrogens with zero attached hydrogens (tertiary/aromatic N) is 4. The number of carbonyl (C=O) groups excluding carboxylic acids is 1. The molecule has 1 aromatic heterocycles. The van der Waals surface area contributed by atoms with Gasteiger partial charge in [-0.1, -0.05) is 0 Å². The lowest BCUT2D eigenvalue weighted by Gasteiger charge is -2.34. The van der Waals surface area contributed by atoms with Crippen LogP contribution >= 0.6 is 0 Å². The third-order valence-corrected chi connectivity index (χ3v) is 10.7. The molecule has 0 spiro atoms. The molecule has 206 valence electrons. The first-order chi connectivity index (χ1) is 18.4. The molecule has 1 aliphatic carbocycles. The van der Waals surface area contributed by atoms with Gasteiger partial charge in [0.2, 0.25) is 10.0 Å². The van der Waals surface area contributed by atoms with Crippen LogP contribution in [0.3, 0.4) is 0 Å². The Hall–Kier alpha value is -2.47. The van der Waals surface area contributed by atoms with Crippen molar-refractivity contribution in [2.24, 2.45) is 0 Å². The average Bonchev–Trinajstić information content (AvgIpc) is 3.72. The smallest absolute Gasteiger partial charge is 0.217 e. The van der Waals surface area contributed by atoms with Gasteiger partial charge in [-0.05, 0) is 50.9 Å². The molecule has 11 heteroatoms. The van der Waals surface area contributed by atoms with E-state index in [-0.39, 0.29) is 23.5 Å². The number of sulfonamides is 1. The number of H-pyrrole nitrogens is 1. The number of hydrogen-bond acceptors (Lipinski definition) is 8. The number of aromatic amines is 1. The summed E-state index contributed by atoms with van der Waals surface area (Å²) in [6, 6.07) is 6.38. The third-order valence-electron chi connectivity index (χ3n) is 8.37. The fourth-order valence-corrected chi connectivity index (χ4v) is 7.54. The van der Waals surface area contributed by atoms with Crippen LogP contribution < -0.4 is 10.2 Å². The summed E-state index contributed by atoms with van der Waals surface area (Å²) in [4.78, 5) is 18.4. The largest absolute Gasteiger partial charge is 0.381 e. The summed E-state index contributed by atoms with van der Waals surface area (Å²) in [7, 11) is -1.13. The van der Waals surface area contributed by atoms with E-state index in [0.717, 1.165) is 87.7 Å². The quantitative estimate of drug-likeness (QED) is 0.488. The maximum Gasteiger partial charge on any atom is 0.217 e. The van der Waals surface area contributed by atoms with Gasteiger partial charge in [0.15, 0.2) is 5.78 Å². The van der Waals surface area contributed by atoms with Gasteiger partial charge in [0, 0.05) is 93.1 Å². The zero-order valence-electron chi connectivity index (χ0n) is 22.1. The number of benzene rings is 1. The van der Waals surface area contributed by atoms with Crippen molar-refractivity contribution in [1.29, 1.82) is 0 Å². The highest BCUT2D eigenvalue weighted by atomic mass is 32.2. The van der Waals surface area contributed by atoms with Gasteiger partial charge in [0.05, 0.1) is 17.4 Å². The van der Waals surface area contributed by atoms with E-state index in [9.17, 15) is 13.2 Å². The second-order valence-corrected chi connectivity index (χ2v) is 13.3. The standard InChI is InChI=1S/C27H38N6O4S/c1-31-10-12-32(13-11-31)20-2-5-22(25(16-20)28-19-7-14-37-15-8-19)27(34)17-26-23-18-33(9-6-24(23)29-30-26)38(35,36)21-3-4-21/h2,5,16,19,21,28H,3-4,6-15,17-18H2,1H3,(H,29,30). The van der Waals surface area contributed by atoms with E-state index in [0.29, 0.717) is 30.8 Å². The van der Waals surface area contributed by atoms with Crippen LogP contribution in [0.1, 0.15) is 53.0 Å². The highest BCUT2D eigenvalue weighted by Crippen LogP contribution is 2.34. The highest BCUT2D eigenvalue weighted by molar-refractivity contribution is 7.90. The van der Waals surface area contributed by atoms with Crippen LogP contribution in [0.25, 0.3) is 0 Å². The van der Waals surface area contributed by atoms with E-state index < -0.39 is 10.0 Å². The van der Waals surface area contributed by atoms with Gasteiger partial charge < -0.3 is 19.9 Å². The number of ketones is 1. The second kappa shape index (κ2) is 10.6. The number of piperazine rings is 1. The normalized spacial score (nSPS) is 21.9. The Morgan fingerprint density at radius 1 is 1.11 bits per heavy atom. The van der Waals surface area contributed by atoms with Crippen molar-refractivity contribution >= 4 is 27.2 Å². The van der Waals surface area contributed by atoms with Crippen LogP contribution in [0, 0.1) is 0 Å².